The van der Waals surface area contributed by atoms with Gasteiger partial charge in [-0.05, 0) is 31.6 Å². The minimum absolute atomic E-state index is 0.106. The van der Waals surface area contributed by atoms with Crippen LogP contribution in [0.2, 0.25) is 0 Å². The van der Waals surface area contributed by atoms with Gasteiger partial charge in [-0.15, -0.1) is 0 Å². The standard InChI is InChI=1S/C70H136O17P2/c1-6-9-12-15-18-21-24-26-27-28-30-33-36-39-46-51-56-70(75)86-65(59-80-67(72)53-48-43-37-34-32-29-25-22-19-16-13-10-7-2)61-84-88(76,77)82-57-64(71)58-83-89(78,79)85-62-66(60-81-68(73)54-49-44-41-40-42-47-52-63(4)5)87-69(74)55-50-45-38-35-31-23-20-17-14-11-8-3/h63-66,71H,6-62H2,1-5H3,(H,76,77)(H,78,79)/t64-,65-,66-/m1/s1. The van der Waals surface area contributed by atoms with E-state index in [1.165, 1.54) is 180 Å². The first-order valence-electron chi connectivity index (χ1n) is 36.6. The Morgan fingerprint density at radius 2 is 0.517 bits per heavy atom. The molecule has 89 heavy (non-hydrogen) atoms. The highest BCUT2D eigenvalue weighted by atomic mass is 31.2. The average molecular weight is 1310 g/mol. The van der Waals surface area contributed by atoms with Crippen LogP contribution in [0.15, 0.2) is 0 Å². The van der Waals surface area contributed by atoms with Crippen LogP contribution in [0, 0.1) is 5.92 Å². The van der Waals surface area contributed by atoms with Gasteiger partial charge in [0.05, 0.1) is 26.4 Å². The minimum Gasteiger partial charge on any atom is -0.462 e. The third-order valence-electron chi connectivity index (χ3n) is 16.3. The normalized spacial score (nSPS) is 14.1. The number of aliphatic hydroxyl groups excluding tert-OH is 1. The van der Waals surface area contributed by atoms with Gasteiger partial charge in [-0.25, -0.2) is 9.13 Å². The van der Waals surface area contributed by atoms with Crippen molar-refractivity contribution >= 4 is 39.5 Å². The summed E-state index contributed by atoms with van der Waals surface area (Å²) in [6.07, 6.45) is 50.0. The molecular weight excluding hydrogens is 1170 g/mol. The highest BCUT2D eigenvalue weighted by molar-refractivity contribution is 7.47. The zero-order valence-corrected chi connectivity index (χ0v) is 59.4. The maximum Gasteiger partial charge on any atom is 0.472 e. The van der Waals surface area contributed by atoms with E-state index in [2.05, 4.69) is 34.6 Å². The van der Waals surface area contributed by atoms with Crippen molar-refractivity contribution in [3.8, 4) is 0 Å². The summed E-state index contributed by atoms with van der Waals surface area (Å²) in [4.78, 5) is 72.5. The molecule has 17 nitrogen and oxygen atoms in total. The molecule has 0 bridgehead atoms. The Hall–Kier alpha value is -1.94. The predicted molar refractivity (Wildman–Crippen MR) is 358 cm³/mol. The van der Waals surface area contributed by atoms with Crippen LogP contribution in [-0.4, -0.2) is 96.7 Å². The van der Waals surface area contributed by atoms with E-state index in [1.54, 1.807) is 0 Å². The van der Waals surface area contributed by atoms with Crippen LogP contribution < -0.4 is 0 Å². The van der Waals surface area contributed by atoms with Crippen molar-refractivity contribution in [2.75, 3.05) is 39.6 Å². The summed E-state index contributed by atoms with van der Waals surface area (Å²) in [7, 11) is -9.90. The monoisotopic (exact) mass is 1310 g/mol. The molecule has 2 unspecified atom stereocenters. The Bertz CT molecular complexity index is 1720. The molecule has 0 spiro atoms. The zero-order chi connectivity index (χ0) is 65.6. The van der Waals surface area contributed by atoms with Crippen LogP contribution in [0.3, 0.4) is 0 Å². The molecule has 0 aromatic carbocycles. The first-order chi connectivity index (χ1) is 43.0. The van der Waals surface area contributed by atoms with Crippen LogP contribution in [0.25, 0.3) is 0 Å². The van der Waals surface area contributed by atoms with Crippen molar-refractivity contribution < 1.29 is 80.2 Å². The summed E-state index contributed by atoms with van der Waals surface area (Å²) in [5.74, 6) is -1.44. The molecule has 0 saturated heterocycles. The van der Waals surface area contributed by atoms with Crippen LogP contribution in [0.5, 0.6) is 0 Å². The quantitative estimate of drug-likeness (QED) is 0.0222. The Kier molecular flexibility index (Phi) is 62.1. The molecule has 0 fully saturated rings. The molecule has 19 heteroatoms. The summed E-state index contributed by atoms with van der Waals surface area (Å²) >= 11 is 0. The Morgan fingerprint density at radius 1 is 0.303 bits per heavy atom. The SMILES string of the molecule is CCCCCCCCCCCCCCCCCCC(=O)O[C@H](COC(=O)CCCCCCCCCCCCCCC)COP(=O)(O)OC[C@@H](O)COP(=O)(O)OC[C@@H](COC(=O)CCCCCCCCC(C)C)OC(=O)CCCCCCCCCCCCC. The second-order valence-corrected chi connectivity index (χ2v) is 28.7. The molecular formula is C70H136O17P2. The van der Waals surface area contributed by atoms with Crippen LogP contribution in [-0.2, 0) is 65.4 Å². The first-order valence-corrected chi connectivity index (χ1v) is 39.6. The van der Waals surface area contributed by atoms with Gasteiger partial charge in [-0.3, -0.25) is 37.3 Å². The van der Waals surface area contributed by atoms with Crippen LogP contribution in [0.4, 0.5) is 0 Å². The van der Waals surface area contributed by atoms with Gasteiger partial charge < -0.3 is 33.8 Å². The molecule has 0 saturated carbocycles. The average Bonchev–Trinajstić information content (AvgIpc) is 3.59. The number of ether oxygens (including phenoxy) is 4. The third-order valence-corrected chi connectivity index (χ3v) is 18.2. The maximum atomic E-state index is 13.0. The van der Waals surface area contributed by atoms with Gasteiger partial charge in [-0.1, -0.05) is 311 Å². The number of rotatable bonds is 70. The molecule has 0 amide bonds. The Balaban J connectivity index is 5.23. The van der Waals surface area contributed by atoms with Gasteiger partial charge in [0, 0.05) is 25.7 Å². The molecule has 528 valence electrons. The fourth-order valence-electron chi connectivity index (χ4n) is 10.6. The fraction of sp³-hybridized carbons (Fsp3) is 0.943. The van der Waals surface area contributed by atoms with E-state index in [0.29, 0.717) is 31.6 Å². The summed E-state index contributed by atoms with van der Waals surface area (Å²) in [6, 6.07) is 0. The zero-order valence-electron chi connectivity index (χ0n) is 57.6. The van der Waals surface area contributed by atoms with Crippen LogP contribution in [0.1, 0.15) is 362 Å². The molecule has 0 heterocycles. The van der Waals surface area contributed by atoms with Crippen molar-refractivity contribution in [3.63, 3.8) is 0 Å². The lowest BCUT2D eigenvalue weighted by molar-refractivity contribution is -0.161. The van der Waals surface area contributed by atoms with Crippen molar-refractivity contribution in [1.82, 2.24) is 0 Å². The molecule has 0 aromatic rings. The second-order valence-electron chi connectivity index (χ2n) is 25.7. The lowest BCUT2D eigenvalue weighted by atomic mass is 10.0. The van der Waals surface area contributed by atoms with E-state index >= 15 is 0 Å². The number of aliphatic hydroxyl groups is 1. The van der Waals surface area contributed by atoms with E-state index in [4.69, 9.17) is 37.0 Å². The highest BCUT2D eigenvalue weighted by Crippen LogP contribution is 2.45. The largest absolute Gasteiger partial charge is 0.472 e. The lowest BCUT2D eigenvalue weighted by Gasteiger charge is -2.21. The highest BCUT2D eigenvalue weighted by Gasteiger charge is 2.30. The minimum atomic E-state index is -4.95. The summed E-state index contributed by atoms with van der Waals surface area (Å²) in [5.41, 5.74) is 0. The van der Waals surface area contributed by atoms with Gasteiger partial charge in [0.25, 0.3) is 0 Å². The van der Waals surface area contributed by atoms with E-state index < -0.39 is 97.5 Å². The van der Waals surface area contributed by atoms with Gasteiger partial charge >= 0.3 is 39.5 Å². The van der Waals surface area contributed by atoms with Gasteiger partial charge in [0.2, 0.25) is 0 Å². The van der Waals surface area contributed by atoms with Gasteiger partial charge in [0.15, 0.2) is 12.2 Å². The molecule has 0 aromatic heterocycles. The Labute approximate surface area is 543 Å². The molecule has 5 atom stereocenters. The maximum absolute atomic E-state index is 13.0. The summed E-state index contributed by atoms with van der Waals surface area (Å²) in [6.45, 7) is 7.17. The molecule has 3 N–H and O–H groups in total. The fourth-order valence-corrected chi connectivity index (χ4v) is 12.2. The molecule has 0 aliphatic rings. The molecule has 0 rings (SSSR count). The van der Waals surface area contributed by atoms with Crippen molar-refractivity contribution in [2.45, 2.75) is 380 Å². The number of unbranched alkanes of at least 4 members (excludes halogenated alkanes) is 42. The first kappa shape index (κ1) is 87.1. The van der Waals surface area contributed by atoms with E-state index in [-0.39, 0.29) is 25.7 Å². The van der Waals surface area contributed by atoms with Gasteiger partial charge in [0.1, 0.15) is 19.3 Å². The predicted octanol–water partition coefficient (Wildman–Crippen LogP) is 20.1. The topological polar surface area (TPSA) is 237 Å². The summed E-state index contributed by atoms with van der Waals surface area (Å²) < 4.78 is 68.2. The third kappa shape index (κ3) is 64.6. The van der Waals surface area contributed by atoms with Gasteiger partial charge in [-0.2, -0.15) is 0 Å². The van der Waals surface area contributed by atoms with E-state index in [9.17, 15) is 43.2 Å². The van der Waals surface area contributed by atoms with E-state index in [1.807, 2.05) is 0 Å². The number of carbonyl (C=O) groups excluding carboxylic acids is 4. The van der Waals surface area contributed by atoms with Crippen LogP contribution >= 0.6 is 15.6 Å². The number of phosphoric acid groups is 2. The number of hydrogen-bond acceptors (Lipinski definition) is 15. The summed E-state index contributed by atoms with van der Waals surface area (Å²) in [5, 5.41) is 10.6. The molecule has 0 radical (unpaired) electrons. The van der Waals surface area contributed by atoms with E-state index in [0.717, 1.165) is 96.3 Å². The number of carbonyl (C=O) groups is 4. The van der Waals surface area contributed by atoms with Crippen molar-refractivity contribution in [1.29, 1.82) is 0 Å². The molecule has 0 aliphatic carbocycles. The Morgan fingerprint density at radius 3 is 0.764 bits per heavy atom. The number of phosphoric ester groups is 2. The lowest BCUT2D eigenvalue weighted by Crippen LogP contribution is -2.30. The van der Waals surface area contributed by atoms with Crippen molar-refractivity contribution in [3.05, 3.63) is 0 Å². The molecule has 0 aliphatic heterocycles. The number of esters is 4. The second kappa shape index (κ2) is 63.5. The van der Waals surface area contributed by atoms with Crippen molar-refractivity contribution in [2.24, 2.45) is 5.92 Å². The number of hydrogen-bond donors (Lipinski definition) is 3. The smallest absolute Gasteiger partial charge is 0.462 e.